The van der Waals surface area contributed by atoms with Crippen LogP contribution in [0.1, 0.15) is 50.5 Å². The van der Waals surface area contributed by atoms with Gasteiger partial charge in [-0.05, 0) is 32.2 Å². The smallest absolute Gasteiger partial charge is 0.237 e. The maximum absolute atomic E-state index is 15.1. The maximum Gasteiger partial charge on any atom is 0.237 e. The second kappa shape index (κ2) is 7.40. The molecule has 1 aromatic carbocycles. The van der Waals surface area contributed by atoms with Crippen molar-refractivity contribution in [2.45, 2.75) is 56.4 Å². The highest BCUT2D eigenvalue weighted by Crippen LogP contribution is 2.51. The Morgan fingerprint density at radius 3 is 2.78 bits per heavy atom. The number of halogens is 1. The van der Waals surface area contributed by atoms with Gasteiger partial charge < -0.3 is 14.7 Å². The molecule has 6 heteroatoms. The fourth-order valence-electron chi connectivity index (χ4n) is 5.22. The zero-order chi connectivity index (χ0) is 19.0. The largest absolute Gasteiger partial charge is 0.492 e. The molecule has 1 saturated heterocycles. The van der Waals surface area contributed by atoms with E-state index in [1.807, 2.05) is 6.07 Å². The Hall–Kier alpha value is -1.66. The Bertz CT molecular complexity index is 718. The summed E-state index contributed by atoms with van der Waals surface area (Å²) in [6, 6.07) is 3.46. The van der Waals surface area contributed by atoms with Crippen molar-refractivity contribution in [1.29, 1.82) is 0 Å². The molecule has 1 atom stereocenters. The van der Waals surface area contributed by atoms with Crippen molar-refractivity contribution in [3.63, 3.8) is 0 Å². The molecule has 1 unspecified atom stereocenters. The monoisotopic (exact) mass is 376 g/mol. The number of carbonyl (C=O) groups excluding carboxylic acids is 1. The number of carbonyl (C=O) groups is 1. The van der Waals surface area contributed by atoms with Gasteiger partial charge in [0.1, 0.15) is 18.2 Å². The van der Waals surface area contributed by atoms with Gasteiger partial charge in [0, 0.05) is 37.3 Å². The quantitative estimate of drug-likeness (QED) is 0.859. The molecule has 0 aromatic heterocycles. The van der Waals surface area contributed by atoms with E-state index in [-0.39, 0.29) is 24.4 Å². The van der Waals surface area contributed by atoms with Crippen LogP contribution in [0.3, 0.4) is 0 Å². The third-order valence-electron chi connectivity index (χ3n) is 6.66. The number of fused-ring (bicyclic) bond motifs is 2. The van der Waals surface area contributed by atoms with E-state index in [1.165, 1.54) is 6.07 Å². The number of likely N-dealkylation sites (N-methyl/N-ethyl adjacent to an activating group) is 1. The number of amides is 1. The molecule has 5 nitrogen and oxygen atoms in total. The first-order chi connectivity index (χ1) is 13.1. The molecule has 1 aliphatic carbocycles. The number of aliphatic hydroxyl groups is 1. The first-order valence-electron chi connectivity index (χ1n) is 10.2. The fourth-order valence-corrected chi connectivity index (χ4v) is 5.22. The molecule has 0 bridgehead atoms. The minimum atomic E-state index is -0.672. The summed E-state index contributed by atoms with van der Waals surface area (Å²) in [5, 5.41) is 9.40. The Balaban J connectivity index is 1.51. The van der Waals surface area contributed by atoms with Crippen LogP contribution < -0.4 is 9.64 Å². The van der Waals surface area contributed by atoms with Crippen molar-refractivity contribution in [2.24, 2.45) is 0 Å². The SMILES string of the molecule is CN1C(=O)C2(CCCCC2)c2c(F)cc(OCCN3CCCC3CO)cc21. The van der Waals surface area contributed by atoms with Gasteiger partial charge in [-0.15, -0.1) is 0 Å². The molecule has 1 saturated carbocycles. The number of likely N-dealkylation sites (tertiary alicyclic amines) is 1. The summed E-state index contributed by atoms with van der Waals surface area (Å²) in [5.74, 6) is 0.172. The minimum Gasteiger partial charge on any atom is -0.492 e. The number of rotatable bonds is 5. The predicted molar refractivity (Wildman–Crippen MR) is 102 cm³/mol. The van der Waals surface area contributed by atoms with Crippen molar-refractivity contribution >= 4 is 11.6 Å². The first kappa shape index (κ1) is 18.7. The Morgan fingerprint density at radius 2 is 2.04 bits per heavy atom. The summed E-state index contributed by atoms with van der Waals surface area (Å²) in [7, 11) is 1.74. The molecule has 1 amide bonds. The molecule has 148 valence electrons. The lowest BCUT2D eigenvalue weighted by atomic mass is 9.70. The van der Waals surface area contributed by atoms with E-state index in [9.17, 15) is 9.90 Å². The highest BCUT2D eigenvalue weighted by atomic mass is 19.1. The van der Waals surface area contributed by atoms with Crippen molar-refractivity contribution in [3.05, 3.63) is 23.5 Å². The van der Waals surface area contributed by atoms with Crippen molar-refractivity contribution < 1.29 is 19.0 Å². The zero-order valence-electron chi connectivity index (χ0n) is 16.0. The van der Waals surface area contributed by atoms with Gasteiger partial charge in [-0.2, -0.15) is 0 Å². The summed E-state index contributed by atoms with van der Waals surface area (Å²) < 4.78 is 20.9. The van der Waals surface area contributed by atoms with Crippen molar-refractivity contribution in [1.82, 2.24) is 4.90 Å². The van der Waals surface area contributed by atoms with Gasteiger partial charge in [-0.3, -0.25) is 9.69 Å². The first-order valence-corrected chi connectivity index (χ1v) is 10.2. The molecule has 1 N–H and O–H groups in total. The molecule has 4 rings (SSSR count). The van der Waals surface area contributed by atoms with Crippen LogP contribution >= 0.6 is 0 Å². The van der Waals surface area contributed by atoms with Crippen LogP contribution in [0.15, 0.2) is 12.1 Å². The topological polar surface area (TPSA) is 53.0 Å². The van der Waals surface area contributed by atoms with E-state index in [2.05, 4.69) is 4.90 Å². The Morgan fingerprint density at radius 1 is 1.26 bits per heavy atom. The fraction of sp³-hybridized carbons (Fsp3) is 0.667. The Kier molecular flexibility index (Phi) is 5.12. The maximum atomic E-state index is 15.1. The standard InChI is InChI=1S/C21H29FN2O3/c1-23-18-13-16(27-11-10-24-9-5-6-15(24)14-25)12-17(22)19(18)21(20(23)26)7-3-2-4-8-21/h12-13,15,25H,2-11,14H2,1H3. The van der Waals surface area contributed by atoms with Gasteiger partial charge in [-0.1, -0.05) is 19.3 Å². The number of benzene rings is 1. The lowest BCUT2D eigenvalue weighted by Gasteiger charge is -2.32. The number of ether oxygens (including phenoxy) is 1. The van der Waals surface area contributed by atoms with E-state index in [1.54, 1.807) is 11.9 Å². The molecule has 2 fully saturated rings. The minimum absolute atomic E-state index is 0.0242. The molecule has 2 heterocycles. The summed E-state index contributed by atoms with van der Waals surface area (Å²) in [5.41, 5.74) is 0.558. The molecule has 1 spiro atoms. The van der Waals surface area contributed by atoms with Gasteiger partial charge in [0.05, 0.1) is 17.7 Å². The summed E-state index contributed by atoms with van der Waals surface area (Å²) in [6.45, 7) is 2.29. The van der Waals surface area contributed by atoms with Crippen LogP contribution in [0.25, 0.3) is 0 Å². The van der Waals surface area contributed by atoms with E-state index in [4.69, 9.17) is 4.74 Å². The third kappa shape index (κ3) is 3.13. The number of aliphatic hydroxyl groups excluding tert-OH is 1. The number of anilines is 1. The third-order valence-corrected chi connectivity index (χ3v) is 6.66. The summed E-state index contributed by atoms with van der Waals surface area (Å²) in [4.78, 5) is 16.8. The van der Waals surface area contributed by atoms with Gasteiger partial charge in [0.2, 0.25) is 5.91 Å². The highest BCUT2D eigenvalue weighted by molar-refractivity contribution is 6.08. The van der Waals surface area contributed by atoms with Gasteiger partial charge in [0.15, 0.2) is 0 Å². The second-order valence-electron chi connectivity index (χ2n) is 8.17. The second-order valence-corrected chi connectivity index (χ2v) is 8.17. The van der Waals surface area contributed by atoms with E-state index < -0.39 is 5.41 Å². The average molecular weight is 376 g/mol. The predicted octanol–water partition coefficient (Wildman–Crippen LogP) is 2.84. The van der Waals surface area contributed by atoms with E-state index in [0.29, 0.717) is 30.2 Å². The molecule has 2 aliphatic heterocycles. The van der Waals surface area contributed by atoms with Gasteiger partial charge in [-0.25, -0.2) is 4.39 Å². The average Bonchev–Trinajstić information content (AvgIpc) is 3.21. The van der Waals surface area contributed by atoms with Crippen LogP contribution in [-0.2, 0) is 10.2 Å². The molecule has 27 heavy (non-hydrogen) atoms. The number of hydrogen-bond donors (Lipinski definition) is 1. The van der Waals surface area contributed by atoms with E-state index >= 15 is 4.39 Å². The van der Waals surface area contributed by atoms with Crippen molar-refractivity contribution in [3.8, 4) is 5.75 Å². The lowest BCUT2D eigenvalue weighted by Crippen LogP contribution is -2.40. The van der Waals surface area contributed by atoms with Gasteiger partial charge >= 0.3 is 0 Å². The Labute approximate surface area is 160 Å². The normalized spacial score (nSPS) is 24.6. The van der Waals surface area contributed by atoms with E-state index in [0.717, 1.165) is 51.5 Å². The van der Waals surface area contributed by atoms with Gasteiger partial charge in [0.25, 0.3) is 0 Å². The van der Waals surface area contributed by atoms with Crippen LogP contribution in [-0.4, -0.2) is 55.3 Å². The summed E-state index contributed by atoms with van der Waals surface area (Å²) >= 11 is 0. The lowest BCUT2D eigenvalue weighted by molar-refractivity contribution is -0.124. The number of hydrogen-bond acceptors (Lipinski definition) is 4. The van der Waals surface area contributed by atoms with Crippen LogP contribution in [0.2, 0.25) is 0 Å². The molecular weight excluding hydrogens is 347 g/mol. The van der Waals surface area contributed by atoms with Crippen LogP contribution in [0.5, 0.6) is 5.75 Å². The molecule has 3 aliphatic rings. The number of nitrogens with zero attached hydrogens (tertiary/aromatic N) is 2. The summed E-state index contributed by atoms with van der Waals surface area (Å²) in [6.07, 6.45) is 6.63. The zero-order valence-corrected chi connectivity index (χ0v) is 16.0. The van der Waals surface area contributed by atoms with Crippen LogP contribution in [0.4, 0.5) is 10.1 Å². The molecular formula is C21H29FN2O3. The van der Waals surface area contributed by atoms with Crippen LogP contribution in [0, 0.1) is 5.82 Å². The highest BCUT2D eigenvalue weighted by Gasteiger charge is 2.51. The van der Waals surface area contributed by atoms with Crippen molar-refractivity contribution in [2.75, 3.05) is 38.3 Å². The molecule has 0 radical (unpaired) electrons. The molecule has 1 aromatic rings.